The molecule has 112 valence electrons. The molecule has 0 radical (unpaired) electrons. The van der Waals surface area contributed by atoms with Gasteiger partial charge in [0.1, 0.15) is 18.5 Å². The predicted octanol–water partition coefficient (Wildman–Crippen LogP) is 1.91. The monoisotopic (exact) mass is 287 g/mol. The van der Waals surface area contributed by atoms with Crippen molar-refractivity contribution < 1.29 is 9.84 Å². The highest BCUT2D eigenvalue weighted by Crippen LogP contribution is 2.28. The maximum absolute atomic E-state index is 10.1. The number of ether oxygens (including phenoxy) is 1. The van der Waals surface area contributed by atoms with Gasteiger partial charge in [-0.25, -0.2) is 0 Å². The summed E-state index contributed by atoms with van der Waals surface area (Å²) in [5.41, 5.74) is 1.88. The van der Waals surface area contributed by atoms with E-state index in [2.05, 4.69) is 15.1 Å². The molecule has 1 aliphatic heterocycles. The lowest BCUT2D eigenvalue weighted by Crippen LogP contribution is -2.33. The number of aliphatic hydroxyl groups excluding tert-OH is 1. The Morgan fingerprint density at radius 3 is 2.81 bits per heavy atom. The average molecular weight is 287 g/mol. The maximum Gasteiger partial charge on any atom is 0.128 e. The Balaban J connectivity index is 1.60. The Bertz CT molecular complexity index is 550. The van der Waals surface area contributed by atoms with Gasteiger partial charge in [0, 0.05) is 18.3 Å². The van der Waals surface area contributed by atoms with Crippen LogP contribution < -0.4 is 4.74 Å². The fourth-order valence-corrected chi connectivity index (χ4v) is 2.72. The molecule has 3 rings (SSSR count). The zero-order chi connectivity index (χ0) is 14.5. The summed E-state index contributed by atoms with van der Waals surface area (Å²) in [6, 6.07) is 9.70. The van der Waals surface area contributed by atoms with E-state index in [0.717, 1.165) is 30.1 Å². The van der Waals surface area contributed by atoms with Gasteiger partial charge in [0.25, 0.3) is 0 Å². The summed E-state index contributed by atoms with van der Waals surface area (Å²) >= 11 is 0. The van der Waals surface area contributed by atoms with Gasteiger partial charge in [-0.3, -0.25) is 5.10 Å². The van der Waals surface area contributed by atoms with E-state index in [-0.39, 0.29) is 0 Å². The Morgan fingerprint density at radius 1 is 1.24 bits per heavy atom. The minimum atomic E-state index is -0.460. The van der Waals surface area contributed by atoms with Crippen LogP contribution in [-0.4, -0.2) is 52.5 Å². The number of benzene rings is 1. The number of aromatic nitrogens is 2. The van der Waals surface area contributed by atoms with Crippen LogP contribution in [-0.2, 0) is 0 Å². The molecule has 1 aliphatic rings. The van der Waals surface area contributed by atoms with Gasteiger partial charge in [0.15, 0.2) is 0 Å². The summed E-state index contributed by atoms with van der Waals surface area (Å²) in [6.07, 6.45) is 3.72. The normalized spacial score (nSPS) is 17.0. The summed E-state index contributed by atoms with van der Waals surface area (Å²) in [4.78, 5) is 2.29. The first-order valence-electron chi connectivity index (χ1n) is 7.45. The molecule has 2 N–H and O–H groups in total. The number of nitrogens with one attached hydrogen (secondary N) is 1. The van der Waals surface area contributed by atoms with Gasteiger partial charge in [-0.05, 0) is 44.1 Å². The van der Waals surface area contributed by atoms with Crippen molar-refractivity contribution in [2.45, 2.75) is 18.9 Å². The van der Waals surface area contributed by atoms with Crippen LogP contribution in [0.15, 0.2) is 36.5 Å². The summed E-state index contributed by atoms with van der Waals surface area (Å²) in [5, 5.41) is 17.0. The topological polar surface area (TPSA) is 61.4 Å². The van der Waals surface area contributed by atoms with E-state index >= 15 is 0 Å². The van der Waals surface area contributed by atoms with Crippen LogP contribution >= 0.6 is 0 Å². The molecule has 0 saturated carbocycles. The minimum absolute atomic E-state index is 0.307. The van der Waals surface area contributed by atoms with E-state index in [9.17, 15) is 5.11 Å². The Labute approximate surface area is 124 Å². The van der Waals surface area contributed by atoms with Gasteiger partial charge in [0.2, 0.25) is 0 Å². The van der Waals surface area contributed by atoms with Crippen LogP contribution in [0, 0.1) is 0 Å². The van der Waals surface area contributed by atoms with Gasteiger partial charge in [0.05, 0.1) is 5.69 Å². The number of hydrogen-bond donors (Lipinski definition) is 2. The standard InChI is InChI=1S/C16H21N3O2/c20-13(11-19-9-3-4-10-19)12-21-16-6-2-1-5-14(16)15-7-8-17-18-15/h1-2,5-8,13,20H,3-4,9-12H2,(H,17,18)/t13-/m1/s1. The molecule has 1 atom stereocenters. The van der Waals surface area contributed by atoms with Crippen molar-refractivity contribution in [2.75, 3.05) is 26.2 Å². The van der Waals surface area contributed by atoms with Crippen LogP contribution in [0.25, 0.3) is 11.3 Å². The van der Waals surface area contributed by atoms with E-state index < -0.39 is 6.10 Å². The molecule has 1 aromatic heterocycles. The van der Waals surface area contributed by atoms with Crippen molar-refractivity contribution >= 4 is 0 Å². The highest BCUT2D eigenvalue weighted by molar-refractivity contribution is 5.66. The van der Waals surface area contributed by atoms with Crippen LogP contribution in [0.2, 0.25) is 0 Å². The molecular weight excluding hydrogens is 266 g/mol. The maximum atomic E-state index is 10.1. The second-order valence-electron chi connectivity index (χ2n) is 5.44. The highest BCUT2D eigenvalue weighted by Gasteiger charge is 2.16. The first kappa shape index (κ1) is 14.1. The van der Waals surface area contributed by atoms with Gasteiger partial charge in [-0.1, -0.05) is 12.1 Å². The molecule has 0 aliphatic carbocycles. The van der Waals surface area contributed by atoms with Crippen molar-refractivity contribution in [3.05, 3.63) is 36.5 Å². The van der Waals surface area contributed by atoms with Crippen LogP contribution in [0.3, 0.4) is 0 Å². The lowest BCUT2D eigenvalue weighted by molar-refractivity contribution is 0.0760. The Kier molecular flexibility index (Phi) is 4.52. The summed E-state index contributed by atoms with van der Waals surface area (Å²) in [5.74, 6) is 0.766. The average Bonchev–Trinajstić information content (AvgIpc) is 3.18. The van der Waals surface area contributed by atoms with E-state index in [0.29, 0.717) is 13.2 Å². The first-order chi connectivity index (χ1) is 10.3. The number of aliphatic hydroxyl groups is 1. The molecule has 0 bridgehead atoms. The highest BCUT2D eigenvalue weighted by atomic mass is 16.5. The SMILES string of the molecule is O[C@@H](COc1ccccc1-c1ccn[nH]1)CN1CCCC1. The lowest BCUT2D eigenvalue weighted by atomic mass is 10.1. The number of hydrogen-bond acceptors (Lipinski definition) is 4. The fraction of sp³-hybridized carbons (Fsp3) is 0.438. The number of likely N-dealkylation sites (tertiary alicyclic amines) is 1. The third-order valence-corrected chi connectivity index (χ3v) is 3.78. The zero-order valence-electron chi connectivity index (χ0n) is 12.0. The van der Waals surface area contributed by atoms with Crippen molar-refractivity contribution in [3.63, 3.8) is 0 Å². The van der Waals surface area contributed by atoms with Crippen LogP contribution in [0.4, 0.5) is 0 Å². The summed E-state index contributed by atoms with van der Waals surface area (Å²) < 4.78 is 5.81. The summed E-state index contributed by atoms with van der Waals surface area (Å²) in [7, 11) is 0. The number of β-amino-alcohol motifs (C(OH)–C–C–N with tert-alkyl or cyclic N) is 1. The van der Waals surface area contributed by atoms with Crippen molar-refractivity contribution in [1.29, 1.82) is 0 Å². The van der Waals surface area contributed by atoms with E-state index in [1.807, 2.05) is 30.3 Å². The number of aromatic amines is 1. The molecule has 1 saturated heterocycles. The predicted molar refractivity (Wildman–Crippen MR) is 81.2 cm³/mol. The van der Waals surface area contributed by atoms with Crippen molar-refractivity contribution in [3.8, 4) is 17.0 Å². The fourth-order valence-electron chi connectivity index (χ4n) is 2.72. The molecule has 0 unspecified atom stereocenters. The number of rotatable bonds is 6. The lowest BCUT2D eigenvalue weighted by Gasteiger charge is -2.20. The van der Waals surface area contributed by atoms with Gasteiger partial charge < -0.3 is 14.7 Å². The molecule has 0 spiro atoms. The molecular formula is C16H21N3O2. The molecule has 1 fully saturated rings. The van der Waals surface area contributed by atoms with Crippen LogP contribution in [0.5, 0.6) is 5.75 Å². The zero-order valence-corrected chi connectivity index (χ0v) is 12.0. The quantitative estimate of drug-likeness (QED) is 0.852. The molecule has 1 aromatic carbocycles. The number of para-hydroxylation sites is 1. The molecule has 5 nitrogen and oxygen atoms in total. The molecule has 2 aromatic rings. The molecule has 2 heterocycles. The smallest absolute Gasteiger partial charge is 0.128 e. The van der Waals surface area contributed by atoms with E-state index in [1.54, 1.807) is 6.20 Å². The third kappa shape index (κ3) is 3.62. The van der Waals surface area contributed by atoms with Crippen molar-refractivity contribution in [2.24, 2.45) is 0 Å². The second kappa shape index (κ2) is 6.74. The first-order valence-corrected chi connectivity index (χ1v) is 7.45. The Morgan fingerprint density at radius 2 is 2.05 bits per heavy atom. The minimum Gasteiger partial charge on any atom is -0.490 e. The van der Waals surface area contributed by atoms with Gasteiger partial charge in [-0.15, -0.1) is 0 Å². The third-order valence-electron chi connectivity index (χ3n) is 3.78. The van der Waals surface area contributed by atoms with E-state index in [1.165, 1.54) is 12.8 Å². The Hall–Kier alpha value is -1.85. The molecule has 0 amide bonds. The van der Waals surface area contributed by atoms with Gasteiger partial charge >= 0.3 is 0 Å². The second-order valence-corrected chi connectivity index (χ2v) is 5.44. The largest absolute Gasteiger partial charge is 0.490 e. The molecule has 21 heavy (non-hydrogen) atoms. The number of nitrogens with zero attached hydrogens (tertiary/aromatic N) is 2. The van der Waals surface area contributed by atoms with Crippen molar-refractivity contribution in [1.82, 2.24) is 15.1 Å². The van der Waals surface area contributed by atoms with Crippen LogP contribution in [0.1, 0.15) is 12.8 Å². The van der Waals surface area contributed by atoms with Gasteiger partial charge in [-0.2, -0.15) is 5.10 Å². The molecule has 5 heteroatoms. The van der Waals surface area contributed by atoms with E-state index in [4.69, 9.17) is 4.74 Å². The number of H-pyrrole nitrogens is 1. The summed E-state index contributed by atoms with van der Waals surface area (Å²) in [6.45, 7) is 3.16.